The molecule has 1 aromatic rings. The van der Waals surface area contributed by atoms with Crippen LogP contribution in [0.15, 0.2) is 12.5 Å². The maximum atomic E-state index is 13.0. The summed E-state index contributed by atoms with van der Waals surface area (Å²) in [5, 5.41) is 23.1. The average molecular weight is 453 g/mol. The molecule has 0 aromatic carbocycles. The van der Waals surface area contributed by atoms with Crippen LogP contribution in [-0.2, 0) is 25.6 Å². The Hall–Kier alpha value is -2.99. The van der Waals surface area contributed by atoms with Crippen molar-refractivity contribution in [3.63, 3.8) is 0 Å². The number of carbonyl (C=O) groups is 4. The molecule has 2 heterocycles. The lowest BCUT2D eigenvalue weighted by Crippen LogP contribution is -2.57. The van der Waals surface area contributed by atoms with Crippen LogP contribution in [0.5, 0.6) is 0 Å². The number of aliphatic hydroxyl groups excluding tert-OH is 1. The summed E-state index contributed by atoms with van der Waals surface area (Å²) >= 11 is 0. The Balaban J connectivity index is 2.13. The number of aliphatic hydroxyl groups is 1. The second kappa shape index (κ2) is 11.6. The Bertz CT molecular complexity index is 799. The molecule has 1 aromatic heterocycles. The van der Waals surface area contributed by atoms with E-state index in [1.54, 1.807) is 0 Å². The van der Waals surface area contributed by atoms with Gasteiger partial charge in [0.05, 0.1) is 19.0 Å². The first-order valence-corrected chi connectivity index (χ1v) is 10.6. The van der Waals surface area contributed by atoms with Crippen LogP contribution in [-0.4, -0.2) is 86.1 Å². The highest BCUT2D eigenvalue weighted by Gasteiger charge is 2.38. The molecule has 1 aliphatic heterocycles. The fourth-order valence-corrected chi connectivity index (χ4v) is 3.68. The van der Waals surface area contributed by atoms with Crippen molar-refractivity contribution < 1.29 is 29.4 Å². The molecule has 0 aliphatic carbocycles. The minimum absolute atomic E-state index is 0.0167. The fraction of sp³-hybridized carbons (Fsp3) is 0.650. The van der Waals surface area contributed by atoms with Crippen LogP contribution in [0, 0.1) is 5.92 Å². The van der Waals surface area contributed by atoms with Gasteiger partial charge in [-0.1, -0.05) is 13.8 Å². The highest BCUT2D eigenvalue weighted by molar-refractivity contribution is 5.94. The van der Waals surface area contributed by atoms with Crippen LogP contribution in [0.1, 0.15) is 38.8 Å². The molecule has 12 heteroatoms. The minimum Gasteiger partial charge on any atom is -0.480 e. The summed E-state index contributed by atoms with van der Waals surface area (Å²) in [5.41, 5.74) is 6.56. The number of nitrogens with one attached hydrogen (secondary N) is 3. The van der Waals surface area contributed by atoms with Gasteiger partial charge in [0.2, 0.25) is 17.7 Å². The number of carboxylic acids is 1. The molecule has 1 aliphatic rings. The summed E-state index contributed by atoms with van der Waals surface area (Å²) < 4.78 is 0. The number of rotatable bonds is 11. The molecule has 7 N–H and O–H groups in total. The number of aliphatic carboxylic acids is 1. The van der Waals surface area contributed by atoms with Crippen molar-refractivity contribution in [2.24, 2.45) is 11.7 Å². The highest BCUT2D eigenvalue weighted by Crippen LogP contribution is 2.20. The molecule has 0 spiro atoms. The van der Waals surface area contributed by atoms with Gasteiger partial charge in [-0.05, 0) is 25.2 Å². The van der Waals surface area contributed by atoms with Gasteiger partial charge < -0.3 is 36.5 Å². The van der Waals surface area contributed by atoms with Crippen molar-refractivity contribution in [1.82, 2.24) is 25.5 Å². The van der Waals surface area contributed by atoms with E-state index in [4.69, 9.17) is 10.8 Å². The van der Waals surface area contributed by atoms with Crippen LogP contribution >= 0.6 is 0 Å². The van der Waals surface area contributed by atoms with Crippen LogP contribution in [0.3, 0.4) is 0 Å². The Labute approximate surface area is 185 Å². The summed E-state index contributed by atoms with van der Waals surface area (Å²) in [6, 6.07) is -4.14. The Morgan fingerprint density at radius 1 is 1.28 bits per heavy atom. The van der Waals surface area contributed by atoms with E-state index in [1.807, 2.05) is 13.8 Å². The third-order valence-electron chi connectivity index (χ3n) is 5.29. The van der Waals surface area contributed by atoms with E-state index in [2.05, 4.69) is 20.6 Å². The van der Waals surface area contributed by atoms with Crippen molar-refractivity contribution in [1.29, 1.82) is 0 Å². The summed E-state index contributed by atoms with van der Waals surface area (Å²) in [6.07, 6.45) is 4.45. The monoisotopic (exact) mass is 452 g/mol. The third kappa shape index (κ3) is 6.76. The van der Waals surface area contributed by atoms with E-state index in [0.717, 1.165) is 0 Å². The maximum Gasteiger partial charge on any atom is 0.328 e. The number of nitrogens with two attached hydrogens (primary N) is 1. The third-order valence-corrected chi connectivity index (χ3v) is 5.29. The van der Waals surface area contributed by atoms with Gasteiger partial charge in [-0.3, -0.25) is 14.4 Å². The number of aromatic nitrogens is 2. The van der Waals surface area contributed by atoms with Crippen molar-refractivity contribution in [3.05, 3.63) is 18.2 Å². The standard InChI is InChI=1S/C20H32N6O6/c1-11(2)6-13(21)19(30)26-5-3-4-16(26)18(29)24-14(7-12-8-22-10-23-12)17(28)25-15(9-27)20(31)32/h8,10-11,13-16,27H,3-7,9,21H2,1-2H3,(H,22,23)(H,24,29)(H,25,28)(H,31,32). The molecule has 0 radical (unpaired) electrons. The topological polar surface area (TPSA) is 191 Å². The van der Waals surface area contributed by atoms with E-state index < -0.39 is 48.6 Å². The van der Waals surface area contributed by atoms with Gasteiger partial charge in [0.15, 0.2) is 0 Å². The second-order valence-electron chi connectivity index (χ2n) is 8.35. The Morgan fingerprint density at radius 2 is 2.00 bits per heavy atom. The molecule has 0 bridgehead atoms. The summed E-state index contributed by atoms with van der Waals surface area (Å²) in [7, 11) is 0. The van der Waals surface area contributed by atoms with Crippen LogP contribution in [0.2, 0.25) is 0 Å². The van der Waals surface area contributed by atoms with E-state index in [1.165, 1.54) is 17.4 Å². The molecule has 32 heavy (non-hydrogen) atoms. The number of carboxylic acid groups (broad SMARTS) is 1. The number of likely N-dealkylation sites (tertiary alicyclic amines) is 1. The van der Waals surface area contributed by atoms with Crippen molar-refractivity contribution >= 4 is 23.7 Å². The molecular weight excluding hydrogens is 420 g/mol. The van der Waals surface area contributed by atoms with Crippen molar-refractivity contribution in [2.75, 3.05) is 13.2 Å². The normalized spacial score (nSPS) is 18.8. The first-order chi connectivity index (χ1) is 15.1. The van der Waals surface area contributed by atoms with E-state index in [9.17, 15) is 24.3 Å². The zero-order valence-electron chi connectivity index (χ0n) is 18.3. The molecule has 0 saturated carbocycles. The molecular formula is C20H32N6O6. The summed E-state index contributed by atoms with van der Waals surface area (Å²) in [6.45, 7) is 3.50. The number of imidazole rings is 1. The molecule has 1 saturated heterocycles. The van der Waals surface area contributed by atoms with Crippen LogP contribution in [0.4, 0.5) is 0 Å². The zero-order valence-corrected chi connectivity index (χ0v) is 18.3. The maximum absolute atomic E-state index is 13.0. The van der Waals surface area contributed by atoms with Gasteiger partial charge in [0, 0.05) is 24.9 Å². The zero-order chi connectivity index (χ0) is 23.8. The lowest BCUT2D eigenvalue weighted by molar-refractivity contribution is -0.144. The molecule has 3 amide bonds. The smallest absolute Gasteiger partial charge is 0.328 e. The predicted molar refractivity (Wildman–Crippen MR) is 113 cm³/mol. The lowest BCUT2D eigenvalue weighted by Gasteiger charge is -2.29. The molecule has 4 atom stereocenters. The van der Waals surface area contributed by atoms with Gasteiger partial charge in [0.1, 0.15) is 18.1 Å². The molecule has 4 unspecified atom stereocenters. The lowest BCUT2D eigenvalue weighted by atomic mass is 10.0. The predicted octanol–water partition coefficient (Wildman–Crippen LogP) is -1.64. The number of H-pyrrole nitrogens is 1. The largest absolute Gasteiger partial charge is 0.480 e. The van der Waals surface area contributed by atoms with Crippen molar-refractivity contribution in [2.45, 2.75) is 63.7 Å². The SMILES string of the molecule is CC(C)CC(N)C(=O)N1CCCC1C(=O)NC(Cc1cnc[nH]1)C(=O)NC(CO)C(=O)O. The first-order valence-electron chi connectivity index (χ1n) is 10.6. The number of hydrogen-bond acceptors (Lipinski definition) is 7. The van der Waals surface area contributed by atoms with Crippen molar-refractivity contribution in [3.8, 4) is 0 Å². The summed E-state index contributed by atoms with van der Waals surface area (Å²) in [4.78, 5) is 57.8. The fourth-order valence-electron chi connectivity index (χ4n) is 3.68. The van der Waals surface area contributed by atoms with Gasteiger partial charge in [0.25, 0.3) is 0 Å². The Kier molecular flexibility index (Phi) is 9.14. The number of nitrogens with zero attached hydrogens (tertiary/aromatic N) is 2. The minimum atomic E-state index is -1.51. The van der Waals surface area contributed by atoms with Gasteiger partial charge >= 0.3 is 5.97 Å². The quantitative estimate of drug-likeness (QED) is 0.230. The van der Waals surface area contributed by atoms with Gasteiger partial charge in [-0.2, -0.15) is 0 Å². The number of hydrogen-bond donors (Lipinski definition) is 6. The Morgan fingerprint density at radius 3 is 2.56 bits per heavy atom. The number of amides is 3. The van der Waals surface area contributed by atoms with E-state index in [-0.39, 0.29) is 18.2 Å². The van der Waals surface area contributed by atoms with Gasteiger partial charge in [-0.15, -0.1) is 0 Å². The molecule has 12 nitrogen and oxygen atoms in total. The second-order valence-corrected chi connectivity index (χ2v) is 8.35. The molecule has 1 fully saturated rings. The molecule has 2 rings (SSSR count). The highest BCUT2D eigenvalue weighted by atomic mass is 16.4. The van der Waals surface area contributed by atoms with E-state index >= 15 is 0 Å². The van der Waals surface area contributed by atoms with E-state index in [0.29, 0.717) is 31.5 Å². The van der Waals surface area contributed by atoms with Crippen LogP contribution in [0.25, 0.3) is 0 Å². The number of carbonyl (C=O) groups excluding carboxylic acids is 3. The van der Waals surface area contributed by atoms with Crippen LogP contribution < -0.4 is 16.4 Å². The van der Waals surface area contributed by atoms with Gasteiger partial charge in [-0.25, -0.2) is 9.78 Å². The average Bonchev–Trinajstić information content (AvgIpc) is 3.41. The summed E-state index contributed by atoms with van der Waals surface area (Å²) in [5.74, 6) is -2.79. The number of aromatic amines is 1. The first kappa shape index (κ1) is 25.3. The molecule has 178 valence electrons.